The van der Waals surface area contributed by atoms with Gasteiger partial charge in [-0.2, -0.15) is 0 Å². The number of fused-ring (bicyclic) bond motifs is 3. The van der Waals surface area contributed by atoms with Crippen molar-refractivity contribution in [1.82, 2.24) is 15.4 Å². The van der Waals surface area contributed by atoms with Gasteiger partial charge in [0.15, 0.2) is 11.5 Å². The Morgan fingerprint density at radius 1 is 1.36 bits per heavy atom. The second-order valence-corrected chi connectivity index (χ2v) is 7.83. The van der Waals surface area contributed by atoms with Gasteiger partial charge in [-0.1, -0.05) is 30.1 Å². The molecule has 1 N–H and O–H groups in total. The number of amides is 1. The lowest BCUT2D eigenvalue weighted by molar-refractivity contribution is 0.0936. The zero-order valence-corrected chi connectivity index (χ0v) is 16.8. The first-order valence-electron chi connectivity index (χ1n) is 10.4. The lowest BCUT2D eigenvalue weighted by Crippen LogP contribution is -2.40. The van der Waals surface area contributed by atoms with E-state index in [1.54, 1.807) is 0 Å². The van der Waals surface area contributed by atoms with Gasteiger partial charge in [0.05, 0.1) is 11.1 Å². The Labute approximate surface area is 166 Å². The lowest BCUT2D eigenvalue weighted by atomic mass is 10.00. The number of hydrogen-bond acceptors (Lipinski definition) is 5. The molecule has 1 fully saturated rings. The van der Waals surface area contributed by atoms with Crippen LogP contribution in [0.15, 0.2) is 22.7 Å². The lowest BCUT2D eigenvalue weighted by Gasteiger charge is -2.35. The fourth-order valence-corrected chi connectivity index (χ4v) is 4.31. The molecule has 28 heavy (non-hydrogen) atoms. The molecular formula is C22H29N3O3. The van der Waals surface area contributed by atoms with E-state index in [-0.39, 0.29) is 5.91 Å². The van der Waals surface area contributed by atoms with E-state index in [2.05, 4.69) is 22.3 Å². The van der Waals surface area contributed by atoms with Crippen LogP contribution in [-0.4, -0.2) is 41.6 Å². The average Bonchev–Trinajstić information content (AvgIpc) is 3.16. The summed E-state index contributed by atoms with van der Waals surface area (Å²) in [6.07, 6.45) is 6.08. The molecule has 0 bridgehead atoms. The number of benzene rings is 1. The molecule has 1 aromatic heterocycles. The molecule has 3 heterocycles. The molecule has 0 spiro atoms. The molecule has 0 aliphatic carbocycles. The van der Waals surface area contributed by atoms with Gasteiger partial charge >= 0.3 is 0 Å². The molecule has 0 unspecified atom stereocenters. The summed E-state index contributed by atoms with van der Waals surface area (Å²) in [5.74, 6) is 1.23. The van der Waals surface area contributed by atoms with Gasteiger partial charge in [-0.3, -0.25) is 4.79 Å². The summed E-state index contributed by atoms with van der Waals surface area (Å²) >= 11 is 0. The minimum absolute atomic E-state index is 0.185. The van der Waals surface area contributed by atoms with Crippen molar-refractivity contribution in [2.24, 2.45) is 0 Å². The number of hydrogen-bond donors (Lipinski definition) is 1. The highest BCUT2D eigenvalue weighted by Gasteiger charge is 2.29. The Kier molecular flexibility index (Phi) is 5.67. The van der Waals surface area contributed by atoms with Crippen LogP contribution in [0, 0.1) is 6.92 Å². The zero-order valence-electron chi connectivity index (χ0n) is 16.8. The summed E-state index contributed by atoms with van der Waals surface area (Å²) in [6.45, 7) is 7.45. The fourth-order valence-electron chi connectivity index (χ4n) is 4.31. The van der Waals surface area contributed by atoms with Gasteiger partial charge in [0, 0.05) is 19.1 Å². The van der Waals surface area contributed by atoms with Gasteiger partial charge in [0.1, 0.15) is 12.4 Å². The SMILES string of the molecule is CC[C@H]1CCCCN1CCCNC(=O)c1noc2c1COc1ccc(C)cc1-2. The molecule has 2 aliphatic rings. The number of piperidine rings is 1. The maximum atomic E-state index is 12.6. The quantitative estimate of drug-likeness (QED) is 0.766. The third kappa shape index (κ3) is 3.78. The monoisotopic (exact) mass is 383 g/mol. The van der Waals surface area contributed by atoms with Crippen molar-refractivity contribution in [1.29, 1.82) is 0 Å². The van der Waals surface area contributed by atoms with E-state index in [0.717, 1.165) is 35.4 Å². The number of aromatic nitrogens is 1. The summed E-state index contributed by atoms with van der Waals surface area (Å²) in [5.41, 5.74) is 3.05. The first-order chi connectivity index (χ1) is 13.7. The number of nitrogens with one attached hydrogen (secondary N) is 1. The minimum atomic E-state index is -0.185. The van der Waals surface area contributed by atoms with E-state index >= 15 is 0 Å². The summed E-state index contributed by atoms with van der Waals surface area (Å²) in [4.78, 5) is 15.2. The summed E-state index contributed by atoms with van der Waals surface area (Å²) in [6, 6.07) is 6.63. The van der Waals surface area contributed by atoms with Crippen molar-refractivity contribution < 1.29 is 14.1 Å². The van der Waals surface area contributed by atoms with E-state index in [1.165, 1.54) is 32.2 Å². The van der Waals surface area contributed by atoms with Crippen LogP contribution in [0.5, 0.6) is 5.75 Å². The minimum Gasteiger partial charge on any atom is -0.488 e. The predicted octanol–water partition coefficient (Wildman–Crippen LogP) is 3.93. The van der Waals surface area contributed by atoms with Crippen molar-refractivity contribution in [2.45, 2.75) is 58.6 Å². The highest BCUT2D eigenvalue weighted by atomic mass is 16.5. The highest BCUT2D eigenvalue weighted by molar-refractivity contribution is 5.95. The third-order valence-corrected chi connectivity index (χ3v) is 5.88. The maximum absolute atomic E-state index is 12.6. The first-order valence-corrected chi connectivity index (χ1v) is 10.4. The Hall–Kier alpha value is -2.34. The standard InChI is InChI=1S/C22H29N3O3/c1-3-16-7-4-5-11-25(16)12-6-10-23-22(26)20-18-14-27-19-9-8-15(2)13-17(19)21(18)28-24-20/h8-9,13,16H,3-7,10-12,14H2,1-2H3,(H,23,26)/t16-/m0/s1. The second-order valence-electron chi connectivity index (χ2n) is 7.83. The summed E-state index contributed by atoms with van der Waals surface area (Å²) in [7, 11) is 0. The predicted molar refractivity (Wildman–Crippen MR) is 107 cm³/mol. The van der Waals surface area contributed by atoms with E-state index < -0.39 is 0 Å². The molecule has 2 aromatic rings. The zero-order chi connectivity index (χ0) is 19.5. The van der Waals surface area contributed by atoms with Crippen LogP contribution in [0.4, 0.5) is 0 Å². The summed E-state index contributed by atoms with van der Waals surface area (Å²) in [5, 5.41) is 7.04. The molecule has 1 aromatic carbocycles. The largest absolute Gasteiger partial charge is 0.488 e. The molecule has 1 atom stereocenters. The van der Waals surface area contributed by atoms with Crippen LogP contribution in [0.3, 0.4) is 0 Å². The molecule has 1 saturated heterocycles. The van der Waals surface area contributed by atoms with E-state index in [9.17, 15) is 4.79 Å². The number of rotatable bonds is 6. The van der Waals surface area contributed by atoms with E-state index in [1.807, 2.05) is 25.1 Å². The van der Waals surface area contributed by atoms with Crippen LogP contribution < -0.4 is 10.1 Å². The van der Waals surface area contributed by atoms with E-state index in [0.29, 0.717) is 30.6 Å². The van der Waals surface area contributed by atoms with Gasteiger partial charge in [0.2, 0.25) is 0 Å². The number of carbonyl (C=O) groups is 1. The van der Waals surface area contributed by atoms with Crippen molar-refractivity contribution in [2.75, 3.05) is 19.6 Å². The smallest absolute Gasteiger partial charge is 0.273 e. The van der Waals surface area contributed by atoms with Crippen LogP contribution in [-0.2, 0) is 6.61 Å². The number of nitrogens with zero attached hydrogens (tertiary/aromatic N) is 2. The van der Waals surface area contributed by atoms with Gasteiger partial charge in [-0.15, -0.1) is 0 Å². The second kappa shape index (κ2) is 8.35. The van der Waals surface area contributed by atoms with Gasteiger partial charge in [0.25, 0.3) is 5.91 Å². The topological polar surface area (TPSA) is 67.6 Å². The van der Waals surface area contributed by atoms with Crippen molar-refractivity contribution in [3.05, 3.63) is 35.0 Å². The molecule has 0 radical (unpaired) electrons. The Bertz CT molecular complexity index is 846. The Morgan fingerprint density at radius 3 is 3.11 bits per heavy atom. The Morgan fingerprint density at radius 2 is 2.25 bits per heavy atom. The normalized spacial score (nSPS) is 18.9. The van der Waals surface area contributed by atoms with Crippen molar-refractivity contribution in [3.63, 3.8) is 0 Å². The van der Waals surface area contributed by atoms with Crippen LogP contribution in [0.1, 0.15) is 60.6 Å². The number of carbonyl (C=O) groups excluding carboxylic acids is 1. The Balaban J connectivity index is 1.35. The average molecular weight is 383 g/mol. The van der Waals surface area contributed by atoms with Gasteiger partial charge in [-0.05, 0) is 51.3 Å². The maximum Gasteiger partial charge on any atom is 0.273 e. The molecular weight excluding hydrogens is 354 g/mol. The third-order valence-electron chi connectivity index (χ3n) is 5.88. The van der Waals surface area contributed by atoms with Crippen LogP contribution in [0.25, 0.3) is 11.3 Å². The molecule has 150 valence electrons. The molecule has 1 amide bonds. The number of ether oxygens (including phenoxy) is 1. The highest BCUT2D eigenvalue weighted by Crippen LogP contribution is 2.39. The van der Waals surface area contributed by atoms with Crippen LogP contribution in [0.2, 0.25) is 0 Å². The molecule has 4 rings (SSSR count). The molecule has 6 heteroatoms. The van der Waals surface area contributed by atoms with Gasteiger partial charge < -0.3 is 19.5 Å². The fraction of sp³-hybridized carbons (Fsp3) is 0.545. The van der Waals surface area contributed by atoms with Crippen LogP contribution >= 0.6 is 0 Å². The first kappa shape index (κ1) is 19.0. The van der Waals surface area contributed by atoms with Crippen molar-refractivity contribution >= 4 is 5.91 Å². The number of aryl methyl sites for hydroxylation is 1. The molecule has 2 aliphatic heterocycles. The molecule has 6 nitrogen and oxygen atoms in total. The van der Waals surface area contributed by atoms with Gasteiger partial charge in [-0.25, -0.2) is 0 Å². The summed E-state index contributed by atoms with van der Waals surface area (Å²) < 4.78 is 11.3. The van der Waals surface area contributed by atoms with Crippen molar-refractivity contribution in [3.8, 4) is 17.1 Å². The molecule has 0 saturated carbocycles. The number of likely N-dealkylation sites (tertiary alicyclic amines) is 1. The van der Waals surface area contributed by atoms with E-state index in [4.69, 9.17) is 9.26 Å².